The van der Waals surface area contributed by atoms with E-state index in [1.165, 1.54) is 16.7 Å². The van der Waals surface area contributed by atoms with E-state index in [0.29, 0.717) is 43.7 Å². The second-order valence-corrected chi connectivity index (χ2v) is 8.37. The zero-order valence-corrected chi connectivity index (χ0v) is 18.3. The van der Waals surface area contributed by atoms with Crippen molar-refractivity contribution in [3.8, 4) is 0 Å². The molecule has 0 aromatic carbocycles. The zero-order chi connectivity index (χ0) is 23.5. The summed E-state index contributed by atoms with van der Waals surface area (Å²) >= 11 is 0. The largest absolute Gasteiger partial charge is 0.361 e. The van der Waals surface area contributed by atoms with Crippen LogP contribution >= 0.6 is 0 Å². The number of anilines is 1. The Morgan fingerprint density at radius 1 is 1.36 bits per heavy atom. The van der Waals surface area contributed by atoms with Crippen molar-refractivity contribution in [2.45, 2.75) is 44.7 Å². The van der Waals surface area contributed by atoms with E-state index in [1.54, 1.807) is 13.0 Å². The Bertz CT molecular complexity index is 1150. The topological polar surface area (TPSA) is 148 Å². The summed E-state index contributed by atoms with van der Waals surface area (Å²) in [5.41, 5.74) is 0.356. The number of nitrogens with one attached hydrogen (secondary N) is 3. The molecule has 11 heteroatoms. The number of aryl methyl sites for hydroxylation is 2. The molecule has 4 rings (SSSR count). The van der Waals surface area contributed by atoms with Gasteiger partial charge < -0.3 is 20.5 Å². The van der Waals surface area contributed by atoms with Crippen molar-refractivity contribution in [1.82, 2.24) is 20.4 Å². The molecule has 0 saturated carbocycles. The van der Waals surface area contributed by atoms with E-state index in [1.807, 2.05) is 0 Å². The van der Waals surface area contributed by atoms with Crippen molar-refractivity contribution in [2.24, 2.45) is 10.9 Å². The van der Waals surface area contributed by atoms with Crippen LogP contribution in [0.1, 0.15) is 47.2 Å². The van der Waals surface area contributed by atoms with Gasteiger partial charge in [0.15, 0.2) is 5.69 Å². The number of aromatic nitrogens is 2. The van der Waals surface area contributed by atoms with Crippen LogP contribution in [0.3, 0.4) is 0 Å². The van der Waals surface area contributed by atoms with Crippen LogP contribution in [0.25, 0.3) is 0 Å². The van der Waals surface area contributed by atoms with Gasteiger partial charge in [0.25, 0.3) is 11.5 Å². The number of nitrogens with zero attached hydrogens (tertiary/aromatic N) is 3. The summed E-state index contributed by atoms with van der Waals surface area (Å²) in [4.78, 5) is 54.5. The Kier molecular flexibility index (Phi) is 6.38. The number of aliphatic imine (C=N–C) groups is 1. The standard InChI is InChI=1S/C22H26N6O5/c1-12-9-17(27-33-12)20(30)26-16-5-3-15-4-6-18(28(15)22(16)32)21(31)25-14(11-23-2)10-13-7-8-24-19(13)29/h3,5,9,13-14,18H,2,4,6-8,10-11H2,1H3,(H,24,29)(H,25,31)(H,26,30). The van der Waals surface area contributed by atoms with Gasteiger partial charge in [-0.3, -0.25) is 28.7 Å². The van der Waals surface area contributed by atoms with Gasteiger partial charge in [0, 0.05) is 30.3 Å². The molecule has 2 aromatic rings. The Morgan fingerprint density at radius 3 is 2.85 bits per heavy atom. The summed E-state index contributed by atoms with van der Waals surface area (Å²) in [7, 11) is 0. The molecule has 0 bridgehead atoms. The predicted octanol–water partition coefficient (Wildman–Crippen LogP) is 0.596. The van der Waals surface area contributed by atoms with Crippen molar-refractivity contribution in [1.29, 1.82) is 0 Å². The maximum absolute atomic E-state index is 13.1. The first-order valence-electron chi connectivity index (χ1n) is 10.9. The van der Waals surface area contributed by atoms with Crippen molar-refractivity contribution in [3.63, 3.8) is 0 Å². The number of hydrogen-bond acceptors (Lipinski definition) is 7. The Labute approximate surface area is 189 Å². The predicted molar refractivity (Wildman–Crippen MR) is 119 cm³/mol. The van der Waals surface area contributed by atoms with Crippen LogP contribution in [0.2, 0.25) is 0 Å². The minimum Gasteiger partial charge on any atom is -0.361 e. The maximum Gasteiger partial charge on any atom is 0.278 e. The second-order valence-electron chi connectivity index (χ2n) is 8.37. The highest BCUT2D eigenvalue weighted by atomic mass is 16.5. The average Bonchev–Trinajstić information content (AvgIpc) is 3.51. The highest BCUT2D eigenvalue weighted by Crippen LogP contribution is 2.26. The molecule has 1 saturated heterocycles. The number of amides is 3. The van der Waals surface area contributed by atoms with Crippen LogP contribution in [-0.4, -0.2) is 53.3 Å². The lowest BCUT2D eigenvalue weighted by atomic mass is 9.98. The van der Waals surface area contributed by atoms with Gasteiger partial charge in [-0.2, -0.15) is 0 Å². The molecule has 2 aromatic heterocycles. The SMILES string of the molecule is C=NCC(CC1CCNC1=O)NC(=O)C1CCc2ccc(NC(=O)c3cc(C)on3)c(=O)n21. The van der Waals surface area contributed by atoms with E-state index in [9.17, 15) is 19.2 Å². The summed E-state index contributed by atoms with van der Waals surface area (Å²) in [6.45, 7) is 6.06. The van der Waals surface area contributed by atoms with Crippen molar-refractivity contribution < 1.29 is 18.9 Å². The number of fused-ring (bicyclic) bond motifs is 1. The van der Waals surface area contributed by atoms with E-state index >= 15 is 0 Å². The van der Waals surface area contributed by atoms with Gasteiger partial charge in [-0.05, 0) is 51.5 Å². The first kappa shape index (κ1) is 22.4. The third-order valence-electron chi connectivity index (χ3n) is 6.03. The number of carbonyl (C=O) groups is 3. The van der Waals surface area contributed by atoms with Gasteiger partial charge in [-0.1, -0.05) is 5.16 Å². The smallest absolute Gasteiger partial charge is 0.278 e. The summed E-state index contributed by atoms with van der Waals surface area (Å²) in [5.74, 6) is -0.628. The zero-order valence-electron chi connectivity index (χ0n) is 18.3. The molecule has 0 radical (unpaired) electrons. The Balaban J connectivity index is 1.50. The number of pyridine rings is 1. The third kappa shape index (κ3) is 4.71. The molecule has 0 spiro atoms. The average molecular weight is 454 g/mol. The van der Waals surface area contributed by atoms with E-state index in [4.69, 9.17) is 4.52 Å². The molecule has 3 atom stereocenters. The molecule has 1 fully saturated rings. The van der Waals surface area contributed by atoms with Crippen LogP contribution in [-0.2, 0) is 16.0 Å². The molecule has 3 amide bonds. The van der Waals surface area contributed by atoms with E-state index < -0.39 is 17.5 Å². The van der Waals surface area contributed by atoms with Gasteiger partial charge in [-0.15, -0.1) is 0 Å². The summed E-state index contributed by atoms with van der Waals surface area (Å²) in [6.07, 6.45) is 2.18. The molecule has 174 valence electrons. The van der Waals surface area contributed by atoms with E-state index in [-0.39, 0.29) is 41.7 Å². The minimum absolute atomic E-state index is 0.0246. The molecule has 33 heavy (non-hydrogen) atoms. The number of hydrogen-bond donors (Lipinski definition) is 3. The molecule has 3 N–H and O–H groups in total. The van der Waals surface area contributed by atoms with E-state index in [0.717, 1.165) is 0 Å². The maximum atomic E-state index is 13.1. The minimum atomic E-state index is -0.719. The van der Waals surface area contributed by atoms with E-state index in [2.05, 4.69) is 32.8 Å². The molecule has 2 aliphatic heterocycles. The number of carbonyl (C=O) groups excluding carboxylic acids is 3. The van der Waals surface area contributed by atoms with Crippen LogP contribution in [0.5, 0.6) is 0 Å². The van der Waals surface area contributed by atoms with Crippen LogP contribution in [0.15, 0.2) is 32.5 Å². The van der Waals surface area contributed by atoms with Crippen LogP contribution in [0, 0.1) is 12.8 Å². The first-order valence-corrected chi connectivity index (χ1v) is 10.9. The molecule has 4 heterocycles. The Morgan fingerprint density at radius 2 is 2.18 bits per heavy atom. The quantitative estimate of drug-likeness (QED) is 0.498. The van der Waals surface area contributed by atoms with Gasteiger partial charge >= 0.3 is 0 Å². The third-order valence-corrected chi connectivity index (χ3v) is 6.03. The highest BCUT2D eigenvalue weighted by Gasteiger charge is 2.33. The summed E-state index contributed by atoms with van der Waals surface area (Å²) in [5, 5.41) is 11.9. The molecule has 2 aliphatic rings. The van der Waals surface area contributed by atoms with Crippen molar-refractivity contribution in [2.75, 3.05) is 18.4 Å². The fraction of sp³-hybridized carbons (Fsp3) is 0.455. The lowest BCUT2D eigenvalue weighted by Gasteiger charge is -2.22. The summed E-state index contributed by atoms with van der Waals surface area (Å²) in [6, 6.07) is 3.65. The molecular weight excluding hydrogens is 428 g/mol. The molecule has 3 unspecified atom stereocenters. The monoisotopic (exact) mass is 454 g/mol. The molecule has 11 nitrogen and oxygen atoms in total. The van der Waals surface area contributed by atoms with Crippen molar-refractivity contribution in [3.05, 3.63) is 45.7 Å². The van der Waals surface area contributed by atoms with Gasteiger partial charge in [0.05, 0.1) is 6.54 Å². The second kappa shape index (κ2) is 9.39. The molecule has 0 aliphatic carbocycles. The lowest BCUT2D eigenvalue weighted by Crippen LogP contribution is -2.44. The highest BCUT2D eigenvalue weighted by molar-refractivity contribution is 6.02. The van der Waals surface area contributed by atoms with Crippen LogP contribution < -0.4 is 21.5 Å². The lowest BCUT2D eigenvalue weighted by molar-refractivity contribution is -0.126. The fourth-order valence-electron chi connectivity index (χ4n) is 4.40. The van der Waals surface area contributed by atoms with Gasteiger partial charge in [0.1, 0.15) is 17.5 Å². The number of rotatable bonds is 8. The van der Waals surface area contributed by atoms with Crippen LogP contribution in [0.4, 0.5) is 5.69 Å². The first-order chi connectivity index (χ1) is 15.9. The van der Waals surface area contributed by atoms with Gasteiger partial charge in [-0.25, -0.2) is 0 Å². The fourth-order valence-corrected chi connectivity index (χ4v) is 4.40. The molecular formula is C22H26N6O5. The van der Waals surface area contributed by atoms with Gasteiger partial charge in [0.2, 0.25) is 11.8 Å². The van der Waals surface area contributed by atoms with Crippen molar-refractivity contribution >= 4 is 30.1 Å². The normalized spacial score (nSPS) is 20.1. The summed E-state index contributed by atoms with van der Waals surface area (Å²) < 4.78 is 6.32. The Hall–Kier alpha value is -3.76.